The quantitative estimate of drug-likeness (QED) is 0.547. The summed E-state index contributed by atoms with van der Waals surface area (Å²) in [6.45, 7) is 3.64. The molecule has 3 nitrogen and oxygen atoms in total. The van der Waals surface area contributed by atoms with Gasteiger partial charge in [0.1, 0.15) is 0 Å². The van der Waals surface area contributed by atoms with Crippen LogP contribution in [-0.2, 0) is 4.79 Å². The fourth-order valence-corrected chi connectivity index (χ4v) is 1.88. The second kappa shape index (κ2) is 3.52. The van der Waals surface area contributed by atoms with Crippen LogP contribution >= 0.6 is 22.9 Å². The Balaban J connectivity index is 2.24. The van der Waals surface area contributed by atoms with Gasteiger partial charge in [-0.2, -0.15) is 0 Å². The summed E-state index contributed by atoms with van der Waals surface area (Å²) in [6.07, 6.45) is 1.09. The number of carbonyl (C=O) groups excluding carboxylic acids is 1. The van der Waals surface area contributed by atoms with E-state index in [9.17, 15) is 4.79 Å². The zero-order valence-electron chi connectivity index (χ0n) is 5.93. The molecule has 1 saturated heterocycles. The maximum atomic E-state index is 10.6. The van der Waals surface area contributed by atoms with E-state index in [0.29, 0.717) is 6.04 Å². The fourth-order valence-electron chi connectivity index (χ4n) is 1.12. The third-order valence-corrected chi connectivity index (χ3v) is 2.42. The van der Waals surface area contributed by atoms with E-state index in [2.05, 4.69) is 31.3 Å². The zero-order valence-corrected chi connectivity index (χ0v) is 8.09. The smallest absolute Gasteiger partial charge is 0.217 e. The summed E-state index contributed by atoms with van der Waals surface area (Å²) in [6, 6.07) is 0.384. The van der Waals surface area contributed by atoms with Gasteiger partial charge in [-0.25, -0.2) is 3.11 Å². The first-order valence-corrected chi connectivity index (χ1v) is 4.33. The first-order chi connectivity index (χ1) is 4.68. The second-order valence-electron chi connectivity index (χ2n) is 2.55. The summed E-state index contributed by atoms with van der Waals surface area (Å²) in [5.41, 5.74) is 0. The lowest BCUT2D eigenvalue weighted by Gasteiger charge is -2.08. The largest absolute Gasteiger partial charge is 0.352 e. The second-order valence-corrected chi connectivity index (χ2v) is 3.92. The van der Waals surface area contributed by atoms with Crippen LogP contribution in [-0.4, -0.2) is 28.2 Å². The van der Waals surface area contributed by atoms with Gasteiger partial charge in [-0.3, -0.25) is 4.79 Å². The van der Waals surface area contributed by atoms with Crippen molar-refractivity contribution in [3.05, 3.63) is 0 Å². The molecule has 58 valence electrons. The molecule has 1 N–H and O–H groups in total. The van der Waals surface area contributed by atoms with Crippen molar-refractivity contribution in [1.29, 1.82) is 0 Å². The van der Waals surface area contributed by atoms with Crippen LogP contribution in [0.15, 0.2) is 0 Å². The van der Waals surface area contributed by atoms with Crippen LogP contribution in [0.3, 0.4) is 0 Å². The number of halogens is 1. The standard InChI is InChI=1S/C6H11IN2O/c1-5(10)8-6-2-3-9(7)4-6/h6H,2-4H2,1H3,(H,8,10)/t6-/m1/s1. The van der Waals surface area contributed by atoms with E-state index < -0.39 is 0 Å². The van der Waals surface area contributed by atoms with Gasteiger partial charge in [0.25, 0.3) is 0 Å². The SMILES string of the molecule is CC(=O)N[C@@H]1CCN(I)C1. The van der Waals surface area contributed by atoms with Gasteiger partial charge in [0, 0.05) is 48.9 Å². The fraction of sp³-hybridized carbons (Fsp3) is 0.833. The number of carbonyl (C=O) groups is 1. The molecule has 4 heteroatoms. The monoisotopic (exact) mass is 254 g/mol. The van der Waals surface area contributed by atoms with Crippen molar-refractivity contribution in [2.24, 2.45) is 0 Å². The molecule has 0 saturated carbocycles. The van der Waals surface area contributed by atoms with Crippen molar-refractivity contribution < 1.29 is 4.79 Å². The number of rotatable bonds is 1. The number of nitrogens with zero attached hydrogens (tertiary/aromatic N) is 1. The predicted octanol–water partition coefficient (Wildman–Crippen LogP) is 0.547. The highest BCUT2D eigenvalue weighted by Gasteiger charge is 2.20. The van der Waals surface area contributed by atoms with E-state index in [1.807, 2.05) is 0 Å². The van der Waals surface area contributed by atoms with E-state index in [4.69, 9.17) is 0 Å². The summed E-state index contributed by atoms with van der Waals surface area (Å²) < 4.78 is 2.19. The molecule has 0 aromatic carbocycles. The van der Waals surface area contributed by atoms with Crippen molar-refractivity contribution >= 4 is 28.8 Å². The molecule has 1 heterocycles. The molecule has 1 amide bonds. The van der Waals surface area contributed by atoms with E-state index in [-0.39, 0.29) is 5.91 Å². The highest BCUT2D eigenvalue weighted by molar-refractivity contribution is 14.1. The summed E-state index contributed by atoms with van der Waals surface area (Å²) in [5, 5.41) is 2.89. The molecular formula is C6H11IN2O. The number of amides is 1. The van der Waals surface area contributed by atoms with Gasteiger partial charge in [-0.05, 0) is 6.42 Å². The maximum Gasteiger partial charge on any atom is 0.217 e. The zero-order chi connectivity index (χ0) is 7.56. The highest BCUT2D eigenvalue weighted by atomic mass is 127. The van der Waals surface area contributed by atoms with E-state index in [1.165, 1.54) is 0 Å². The Kier molecular flexibility index (Phi) is 2.91. The molecule has 0 bridgehead atoms. The lowest BCUT2D eigenvalue weighted by molar-refractivity contribution is -0.119. The summed E-state index contributed by atoms with van der Waals surface area (Å²) in [4.78, 5) is 10.6. The van der Waals surface area contributed by atoms with Crippen molar-refractivity contribution in [2.45, 2.75) is 19.4 Å². The van der Waals surface area contributed by atoms with Gasteiger partial charge in [-0.1, -0.05) is 0 Å². The van der Waals surface area contributed by atoms with Crippen LogP contribution in [0.5, 0.6) is 0 Å². The van der Waals surface area contributed by atoms with Crippen molar-refractivity contribution in [3.8, 4) is 0 Å². The Morgan fingerprint density at radius 2 is 2.50 bits per heavy atom. The van der Waals surface area contributed by atoms with Crippen LogP contribution in [0.4, 0.5) is 0 Å². The first kappa shape index (κ1) is 8.26. The Bertz CT molecular complexity index is 140. The number of hydrogen-bond acceptors (Lipinski definition) is 2. The maximum absolute atomic E-state index is 10.6. The van der Waals surface area contributed by atoms with E-state index >= 15 is 0 Å². The molecule has 1 rings (SSSR count). The van der Waals surface area contributed by atoms with Gasteiger partial charge in [0.2, 0.25) is 5.91 Å². The molecule has 0 radical (unpaired) electrons. The van der Waals surface area contributed by atoms with Crippen molar-refractivity contribution in [1.82, 2.24) is 8.43 Å². The van der Waals surface area contributed by atoms with E-state index in [1.54, 1.807) is 6.92 Å². The average molecular weight is 254 g/mol. The van der Waals surface area contributed by atoms with Crippen LogP contribution in [0.25, 0.3) is 0 Å². The molecular weight excluding hydrogens is 243 g/mol. The Labute approximate surface area is 74.6 Å². The van der Waals surface area contributed by atoms with Gasteiger partial charge in [0.15, 0.2) is 0 Å². The Morgan fingerprint density at radius 3 is 2.90 bits per heavy atom. The number of nitrogens with one attached hydrogen (secondary N) is 1. The van der Waals surface area contributed by atoms with Gasteiger partial charge < -0.3 is 5.32 Å². The average Bonchev–Trinajstić information content (AvgIpc) is 2.13. The minimum absolute atomic E-state index is 0.0803. The predicted molar refractivity (Wildman–Crippen MR) is 47.8 cm³/mol. The van der Waals surface area contributed by atoms with Gasteiger partial charge in [-0.15, -0.1) is 0 Å². The molecule has 0 aromatic heterocycles. The summed E-state index contributed by atoms with van der Waals surface area (Å²) >= 11 is 2.28. The molecule has 1 aliphatic rings. The highest BCUT2D eigenvalue weighted by Crippen LogP contribution is 2.12. The molecule has 1 fully saturated rings. The molecule has 0 spiro atoms. The van der Waals surface area contributed by atoms with Crippen molar-refractivity contribution in [2.75, 3.05) is 13.1 Å². The molecule has 0 aliphatic carbocycles. The Hall–Kier alpha value is 0.160. The van der Waals surface area contributed by atoms with Crippen LogP contribution < -0.4 is 5.32 Å². The van der Waals surface area contributed by atoms with Crippen LogP contribution in [0.1, 0.15) is 13.3 Å². The summed E-state index contributed by atoms with van der Waals surface area (Å²) in [5.74, 6) is 0.0803. The lowest BCUT2D eigenvalue weighted by Crippen LogP contribution is -2.34. The normalized spacial score (nSPS) is 26.8. The topological polar surface area (TPSA) is 32.3 Å². The number of hydrogen-bond donors (Lipinski definition) is 1. The minimum atomic E-state index is 0.0803. The molecule has 1 aliphatic heterocycles. The van der Waals surface area contributed by atoms with Crippen LogP contribution in [0.2, 0.25) is 0 Å². The van der Waals surface area contributed by atoms with E-state index in [0.717, 1.165) is 19.5 Å². The third-order valence-electron chi connectivity index (χ3n) is 1.55. The molecule has 0 unspecified atom stereocenters. The summed E-state index contributed by atoms with van der Waals surface area (Å²) in [7, 11) is 0. The van der Waals surface area contributed by atoms with Crippen LogP contribution in [0, 0.1) is 0 Å². The van der Waals surface area contributed by atoms with Gasteiger partial charge >= 0.3 is 0 Å². The molecule has 10 heavy (non-hydrogen) atoms. The Morgan fingerprint density at radius 1 is 1.80 bits per heavy atom. The molecule has 0 aromatic rings. The lowest BCUT2D eigenvalue weighted by atomic mass is 10.3. The first-order valence-electron chi connectivity index (χ1n) is 3.36. The third kappa shape index (κ3) is 2.42. The molecule has 1 atom stereocenters. The minimum Gasteiger partial charge on any atom is -0.352 e. The van der Waals surface area contributed by atoms with Crippen molar-refractivity contribution in [3.63, 3.8) is 0 Å². The van der Waals surface area contributed by atoms with Gasteiger partial charge in [0.05, 0.1) is 0 Å².